The van der Waals surface area contributed by atoms with Crippen LogP contribution in [0.1, 0.15) is 32.8 Å². The standard InChI is InChI=1S/C15H23BrN2/c1-5-15(4)10-18(12(3)9-17-15)14-7-11(2)6-13(16)8-14/h6-8,12,17H,5,9-10H2,1-4H3. The van der Waals surface area contributed by atoms with Crippen molar-refractivity contribution in [2.75, 3.05) is 18.0 Å². The van der Waals surface area contributed by atoms with E-state index in [1.54, 1.807) is 0 Å². The van der Waals surface area contributed by atoms with Crippen LogP contribution in [0.15, 0.2) is 22.7 Å². The molecule has 100 valence electrons. The van der Waals surface area contributed by atoms with E-state index in [1.807, 2.05) is 0 Å². The Balaban J connectivity index is 2.29. The van der Waals surface area contributed by atoms with Crippen molar-refractivity contribution in [3.63, 3.8) is 0 Å². The molecule has 1 aromatic carbocycles. The predicted molar refractivity (Wildman–Crippen MR) is 82.4 cm³/mol. The van der Waals surface area contributed by atoms with Crippen molar-refractivity contribution in [3.8, 4) is 0 Å². The highest BCUT2D eigenvalue weighted by Crippen LogP contribution is 2.28. The summed E-state index contributed by atoms with van der Waals surface area (Å²) in [5, 5.41) is 3.67. The van der Waals surface area contributed by atoms with Crippen molar-refractivity contribution < 1.29 is 0 Å². The van der Waals surface area contributed by atoms with E-state index in [0.717, 1.165) is 19.5 Å². The Labute approximate surface area is 119 Å². The zero-order chi connectivity index (χ0) is 13.3. The Kier molecular flexibility index (Phi) is 4.02. The third kappa shape index (κ3) is 2.89. The highest BCUT2D eigenvalue weighted by atomic mass is 79.9. The lowest BCUT2D eigenvalue weighted by Gasteiger charge is -2.46. The van der Waals surface area contributed by atoms with Crippen LogP contribution in [0.2, 0.25) is 0 Å². The average Bonchev–Trinajstić information content (AvgIpc) is 2.31. The third-order valence-corrected chi connectivity index (χ3v) is 4.47. The molecule has 0 saturated carbocycles. The van der Waals surface area contributed by atoms with Crippen LogP contribution in [0.5, 0.6) is 0 Å². The second-order valence-electron chi connectivity index (χ2n) is 5.76. The Morgan fingerprint density at radius 1 is 1.44 bits per heavy atom. The molecule has 1 N–H and O–H groups in total. The van der Waals surface area contributed by atoms with Crippen molar-refractivity contribution in [1.29, 1.82) is 0 Å². The fourth-order valence-corrected chi connectivity index (χ4v) is 3.15. The molecule has 0 amide bonds. The highest BCUT2D eigenvalue weighted by Gasteiger charge is 2.32. The largest absolute Gasteiger partial charge is 0.366 e. The van der Waals surface area contributed by atoms with E-state index in [1.165, 1.54) is 15.7 Å². The molecule has 2 rings (SSSR count). The topological polar surface area (TPSA) is 15.3 Å². The molecule has 2 nitrogen and oxygen atoms in total. The van der Waals surface area contributed by atoms with E-state index in [9.17, 15) is 0 Å². The maximum Gasteiger partial charge on any atom is 0.0387 e. The molecule has 2 atom stereocenters. The lowest BCUT2D eigenvalue weighted by atomic mass is 9.93. The van der Waals surface area contributed by atoms with Crippen LogP contribution in [0, 0.1) is 6.92 Å². The minimum atomic E-state index is 0.225. The molecule has 1 aromatic rings. The number of nitrogens with zero attached hydrogens (tertiary/aromatic N) is 1. The van der Waals surface area contributed by atoms with Gasteiger partial charge in [-0.15, -0.1) is 0 Å². The second kappa shape index (κ2) is 5.22. The maximum atomic E-state index is 3.67. The Bertz CT molecular complexity index is 412. The molecular formula is C15H23BrN2. The summed E-state index contributed by atoms with van der Waals surface area (Å²) in [4.78, 5) is 2.53. The first-order valence-corrected chi connectivity index (χ1v) is 7.52. The van der Waals surface area contributed by atoms with Gasteiger partial charge >= 0.3 is 0 Å². The van der Waals surface area contributed by atoms with Gasteiger partial charge in [0.2, 0.25) is 0 Å². The Hall–Kier alpha value is -0.540. The number of hydrogen-bond acceptors (Lipinski definition) is 2. The van der Waals surface area contributed by atoms with E-state index in [-0.39, 0.29) is 5.54 Å². The van der Waals surface area contributed by atoms with Crippen molar-refractivity contribution in [3.05, 3.63) is 28.2 Å². The smallest absolute Gasteiger partial charge is 0.0387 e. The van der Waals surface area contributed by atoms with Crippen LogP contribution in [0.25, 0.3) is 0 Å². The molecule has 0 aromatic heterocycles. The fourth-order valence-electron chi connectivity index (χ4n) is 2.56. The summed E-state index contributed by atoms with van der Waals surface area (Å²) in [6.45, 7) is 11.1. The number of nitrogens with one attached hydrogen (secondary N) is 1. The molecule has 18 heavy (non-hydrogen) atoms. The minimum Gasteiger partial charge on any atom is -0.366 e. The van der Waals surface area contributed by atoms with Gasteiger partial charge in [0, 0.05) is 34.8 Å². The number of hydrogen-bond donors (Lipinski definition) is 1. The quantitative estimate of drug-likeness (QED) is 0.895. The number of benzene rings is 1. The van der Waals surface area contributed by atoms with Gasteiger partial charge in [-0.25, -0.2) is 0 Å². The van der Waals surface area contributed by atoms with Gasteiger partial charge in [-0.3, -0.25) is 0 Å². The van der Waals surface area contributed by atoms with Gasteiger partial charge < -0.3 is 10.2 Å². The van der Waals surface area contributed by atoms with Gasteiger partial charge in [0.25, 0.3) is 0 Å². The number of anilines is 1. The molecule has 0 radical (unpaired) electrons. The molecule has 2 unspecified atom stereocenters. The molecule has 1 aliphatic heterocycles. The van der Waals surface area contributed by atoms with Gasteiger partial charge in [0.1, 0.15) is 0 Å². The lowest BCUT2D eigenvalue weighted by Crippen LogP contribution is -2.62. The molecule has 3 heteroatoms. The molecule has 1 saturated heterocycles. The van der Waals surface area contributed by atoms with Gasteiger partial charge in [-0.2, -0.15) is 0 Å². The van der Waals surface area contributed by atoms with Gasteiger partial charge in [0.15, 0.2) is 0 Å². The predicted octanol–water partition coefficient (Wildman–Crippen LogP) is 3.72. The van der Waals surface area contributed by atoms with E-state index in [4.69, 9.17) is 0 Å². The summed E-state index contributed by atoms with van der Waals surface area (Å²) in [7, 11) is 0. The molecule has 1 heterocycles. The fraction of sp³-hybridized carbons (Fsp3) is 0.600. The summed E-state index contributed by atoms with van der Waals surface area (Å²) < 4.78 is 1.17. The van der Waals surface area contributed by atoms with E-state index >= 15 is 0 Å². The van der Waals surface area contributed by atoms with Crippen LogP contribution in [-0.4, -0.2) is 24.7 Å². The van der Waals surface area contributed by atoms with Crippen molar-refractivity contribution in [1.82, 2.24) is 5.32 Å². The van der Waals surface area contributed by atoms with E-state index in [0.29, 0.717) is 6.04 Å². The lowest BCUT2D eigenvalue weighted by molar-refractivity contribution is 0.285. The number of halogens is 1. The van der Waals surface area contributed by atoms with Gasteiger partial charge in [0.05, 0.1) is 0 Å². The first-order valence-electron chi connectivity index (χ1n) is 6.72. The van der Waals surface area contributed by atoms with Crippen LogP contribution in [0.3, 0.4) is 0 Å². The number of aryl methyl sites for hydroxylation is 1. The van der Waals surface area contributed by atoms with Crippen molar-refractivity contribution in [2.24, 2.45) is 0 Å². The first kappa shape index (κ1) is 13.9. The normalized spacial score (nSPS) is 28.5. The van der Waals surface area contributed by atoms with Crippen molar-refractivity contribution >= 4 is 21.6 Å². The molecule has 1 fully saturated rings. The molecule has 0 bridgehead atoms. The van der Waals surface area contributed by atoms with Gasteiger partial charge in [-0.1, -0.05) is 22.9 Å². The zero-order valence-corrected chi connectivity index (χ0v) is 13.3. The summed E-state index contributed by atoms with van der Waals surface area (Å²) >= 11 is 3.60. The molecule has 0 spiro atoms. The zero-order valence-electron chi connectivity index (χ0n) is 11.8. The minimum absolute atomic E-state index is 0.225. The van der Waals surface area contributed by atoms with Crippen molar-refractivity contribution in [2.45, 2.75) is 45.7 Å². The van der Waals surface area contributed by atoms with Crippen LogP contribution >= 0.6 is 15.9 Å². The summed E-state index contributed by atoms with van der Waals surface area (Å²) in [6, 6.07) is 7.21. The number of rotatable bonds is 2. The maximum absolute atomic E-state index is 3.67. The first-order chi connectivity index (χ1) is 8.43. The Morgan fingerprint density at radius 3 is 2.78 bits per heavy atom. The molecular weight excluding hydrogens is 288 g/mol. The number of piperazine rings is 1. The summed E-state index contributed by atoms with van der Waals surface area (Å²) in [5.74, 6) is 0. The third-order valence-electron chi connectivity index (χ3n) is 4.01. The Morgan fingerprint density at radius 2 is 2.17 bits per heavy atom. The van der Waals surface area contributed by atoms with Crippen LogP contribution < -0.4 is 10.2 Å². The monoisotopic (exact) mass is 310 g/mol. The highest BCUT2D eigenvalue weighted by molar-refractivity contribution is 9.10. The van der Waals surface area contributed by atoms with E-state index in [2.05, 4.69) is 72.0 Å². The summed E-state index contributed by atoms with van der Waals surface area (Å²) in [5.41, 5.74) is 2.86. The second-order valence-corrected chi connectivity index (χ2v) is 6.67. The average molecular weight is 311 g/mol. The summed E-state index contributed by atoms with van der Waals surface area (Å²) in [6.07, 6.45) is 1.16. The van der Waals surface area contributed by atoms with Crippen LogP contribution in [0.4, 0.5) is 5.69 Å². The molecule has 0 aliphatic carbocycles. The molecule has 1 aliphatic rings. The SMILES string of the molecule is CCC1(C)CN(c2cc(C)cc(Br)c2)C(C)CN1. The van der Waals surface area contributed by atoms with Crippen LogP contribution in [-0.2, 0) is 0 Å². The van der Waals surface area contributed by atoms with Gasteiger partial charge in [-0.05, 0) is 51.0 Å². The van der Waals surface area contributed by atoms with E-state index < -0.39 is 0 Å².